The molecule has 0 bridgehead atoms. The molecule has 1 saturated heterocycles. The molecule has 2 rings (SSSR count). The Kier molecular flexibility index (Phi) is 11.0. The molecule has 8 heteroatoms. The van der Waals surface area contributed by atoms with Crippen molar-refractivity contribution in [2.24, 2.45) is 0 Å². The molecule has 0 unspecified atom stereocenters. The first-order valence-electron chi connectivity index (χ1n) is 7.10. The van der Waals surface area contributed by atoms with Crippen LogP contribution >= 0.6 is 24.8 Å². The lowest BCUT2D eigenvalue weighted by atomic mass is 10.2. The number of nitrogens with zero attached hydrogens (tertiary/aromatic N) is 1. The van der Waals surface area contributed by atoms with Crippen LogP contribution in [0.3, 0.4) is 0 Å². The van der Waals surface area contributed by atoms with Gasteiger partial charge in [-0.25, -0.2) is 13.1 Å². The number of piperazine rings is 1. The van der Waals surface area contributed by atoms with Crippen LogP contribution < -0.4 is 10.0 Å². The molecule has 1 heterocycles. The quantitative estimate of drug-likeness (QED) is 0.710. The highest BCUT2D eigenvalue weighted by atomic mass is 35.5. The molecule has 0 saturated carbocycles. The fourth-order valence-corrected chi connectivity index (χ4v) is 3.50. The number of halogens is 2. The molecule has 128 valence electrons. The third-order valence-electron chi connectivity index (χ3n) is 3.38. The molecule has 0 amide bonds. The van der Waals surface area contributed by atoms with Gasteiger partial charge in [0.25, 0.3) is 0 Å². The Hall–Kier alpha value is -0.370. The first-order valence-corrected chi connectivity index (χ1v) is 8.75. The average Bonchev–Trinajstić information content (AvgIpc) is 2.45. The van der Waals surface area contributed by atoms with E-state index in [1.807, 2.05) is 30.3 Å². The van der Waals surface area contributed by atoms with Gasteiger partial charge in [-0.3, -0.25) is 0 Å². The van der Waals surface area contributed by atoms with Gasteiger partial charge < -0.3 is 10.2 Å². The van der Waals surface area contributed by atoms with Gasteiger partial charge in [-0.15, -0.1) is 24.8 Å². The van der Waals surface area contributed by atoms with Crippen LogP contribution in [0.15, 0.2) is 30.3 Å². The summed E-state index contributed by atoms with van der Waals surface area (Å²) in [5, 5.41) is 3.30. The third-order valence-corrected chi connectivity index (χ3v) is 4.74. The maximum absolute atomic E-state index is 11.9. The Labute approximate surface area is 145 Å². The summed E-state index contributed by atoms with van der Waals surface area (Å²) in [6, 6.07) is 9.27. The van der Waals surface area contributed by atoms with Crippen molar-refractivity contribution in [3.05, 3.63) is 35.9 Å². The summed E-state index contributed by atoms with van der Waals surface area (Å²) in [4.78, 5) is 2.36. The summed E-state index contributed by atoms with van der Waals surface area (Å²) in [5.41, 5.74) is 0.821. The van der Waals surface area contributed by atoms with Crippen molar-refractivity contribution < 1.29 is 8.42 Å². The number of hydrogen-bond donors (Lipinski definition) is 2. The van der Waals surface area contributed by atoms with Gasteiger partial charge >= 0.3 is 0 Å². The van der Waals surface area contributed by atoms with Crippen molar-refractivity contribution in [3.63, 3.8) is 0 Å². The maximum Gasteiger partial charge on any atom is 0.215 e. The molecule has 1 aliphatic heterocycles. The molecule has 0 atom stereocenters. The molecule has 22 heavy (non-hydrogen) atoms. The fraction of sp³-hybridized carbons (Fsp3) is 0.571. The van der Waals surface area contributed by atoms with E-state index in [-0.39, 0.29) is 30.6 Å². The van der Waals surface area contributed by atoms with E-state index in [1.165, 1.54) is 0 Å². The van der Waals surface area contributed by atoms with Crippen LogP contribution in [0.1, 0.15) is 12.0 Å². The molecule has 1 aromatic rings. The van der Waals surface area contributed by atoms with Crippen LogP contribution in [0.4, 0.5) is 0 Å². The Morgan fingerprint density at radius 3 is 2.36 bits per heavy atom. The molecule has 0 aromatic heterocycles. The minimum absolute atomic E-state index is 0. The summed E-state index contributed by atoms with van der Waals surface area (Å²) in [6.45, 7) is 5.63. The number of nitrogens with one attached hydrogen (secondary N) is 2. The van der Waals surface area contributed by atoms with Gasteiger partial charge in [-0.1, -0.05) is 30.3 Å². The smallest absolute Gasteiger partial charge is 0.215 e. The van der Waals surface area contributed by atoms with Gasteiger partial charge in [0.15, 0.2) is 0 Å². The van der Waals surface area contributed by atoms with Crippen LogP contribution in [0, 0.1) is 0 Å². The lowest BCUT2D eigenvalue weighted by Crippen LogP contribution is -2.44. The van der Waals surface area contributed by atoms with Crippen LogP contribution in [0.2, 0.25) is 0 Å². The summed E-state index contributed by atoms with van der Waals surface area (Å²) in [5.74, 6) is 0.0570. The zero-order chi connectivity index (χ0) is 14.3. The number of rotatable bonds is 7. The molecule has 0 radical (unpaired) electrons. The van der Waals surface area contributed by atoms with E-state index < -0.39 is 10.0 Å². The zero-order valence-corrected chi connectivity index (χ0v) is 15.0. The maximum atomic E-state index is 11.9. The Morgan fingerprint density at radius 1 is 1.09 bits per heavy atom. The third kappa shape index (κ3) is 8.31. The van der Waals surface area contributed by atoms with Crippen molar-refractivity contribution in [2.75, 3.05) is 39.3 Å². The number of sulfonamides is 1. The van der Waals surface area contributed by atoms with Gasteiger partial charge in [0.1, 0.15) is 0 Å². The fourth-order valence-electron chi connectivity index (χ4n) is 2.31. The van der Waals surface area contributed by atoms with Crippen LogP contribution in [0.5, 0.6) is 0 Å². The summed E-state index contributed by atoms with van der Waals surface area (Å²) in [6.07, 6.45) is 0.855. The molecule has 0 spiro atoms. The summed E-state index contributed by atoms with van der Waals surface area (Å²) >= 11 is 0. The van der Waals surface area contributed by atoms with Gasteiger partial charge in [-0.2, -0.15) is 0 Å². The van der Waals surface area contributed by atoms with E-state index in [0.717, 1.165) is 44.7 Å². The van der Waals surface area contributed by atoms with Gasteiger partial charge in [0.2, 0.25) is 10.0 Å². The van der Waals surface area contributed by atoms with E-state index in [0.29, 0.717) is 6.54 Å². The van der Waals surface area contributed by atoms with Crippen molar-refractivity contribution in [2.45, 2.75) is 12.2 Å². The lowest BCUT2D eigenvalue weighted by Gasteiger charge is -2.27. The van der Waals surface area contributed by atoms with E-state index in [1.54, 1.807) is 0 Å². The van der Waals surface area contributed by atoms with Crippen molar-refractivity contribution in [1.82, 2.24) is 14.9 Å². The first kappa shape index (κ1) is 21.6. The molecule has 1 aliphatic rings. The SMILES string of the molecule is Cl.Cl.O=S(=O)(Cc1ccccc1)NCCCN1CCNCC1. The highest BCUT2D eigenvalue weighted by Crippen LogP contribution is 2.04. The lowest BCUT2D eigenvalue weighted by molar-refractivity contribution is 0.239. The minimum atomic E-state index is -3.22. The van der Waals surface area contributed by atoms with Crippen molar-refractivity contribution in [3.8, 4) is 0 Å². The van der Waals surface area contributed by atoms with Crippen molar-refractivity contribution in [1.29, 1.82) is 0 Å². The Morgan fingerprint density at radius 2 is 1.73 bits per heavy atom. The second-order valence-corrected chi connectivity index (χ2v) is 6.89. The highest BCUT2D eigenvalue weighted by molar-refractivity contribution is 7.88. The molecule has 2 N–H and O–H groups in total. The Bertz CT molecular complexity index is 494. The highest BCUT2D eigenvalue weighted by Gasteiger charge is 2.12. The zero-order valence-electron chi connectivity index (χ0n) is 12.5. The average molecular weight is 370 g/mol. The monoisotopic (exact) mass is 369 g/mol. The summed E-state index contributed by atoms with van der Waals surface area (Å²) in [7, 11) is -3.22. The second-order valence-electron chi connectivity index (χ2n) is 5.08. The predicted octanol–water partition coefficient (Wildman–Crippen LogP) is 1.24. The van der Waals surface area contributed by atoms with Gasteiger partial charge in [0, 0.05) is 32.7 Å². The molecular formula is C14H25Cl2N3O2S. The normalized spacial score (nSPS) is 15.6. The molecular weight excluding hydrogens is 345 g/mol. The molecule has 1 fully saturated rings. The minimum Gasteiger partial charge on any atom is -0.314 e. The molecule has 0 aliphatic carbocycles. The summed E-state index contributed by atoms with van der Waals surface area (Å²) < 4.78 is 26.5. The molecule has 1 aromatic carbocycles. The number of benzene rings is 1. The molecule has 5 nitrogen and oxygen atoms in total. The number of hydrogen-bond acceptors (Lipinski definition) is 4. The van der Waals surface area contributed by atoms with E-state index in [4.69, 9.17) is 0 Å². The Balaban J connectivity index is 0.00000220. The van der Waals surface area contributed by atoms with E-state index >= 15 is 0 Å². The van der Waals surface area contributed by atoms with Crippen molar-refractivity contribution >= 4 is 34.8 Å². The van der Waals surface area contributed by atoms with Gasteiger partial charge in [0.05, 0.1) is 5.75 Å². The topological polar surface area (TPSA) is 61.4 Å². The van der Waals surface area contributed by atoms with Gasteiger partial charge in [-0.05, 0) is 18.5 Å². The van der Waals surface area contributed by atoms with E-state index in [2.05, 4.69) is 14.9 Å². The van der Waals surface area contributed by atoms with Crippen LogP contribution in [-0.4, -0.2) is 52.6 Å². The van der Waals surface area contributed by atoms with Crippen LogP contribution in [-0.2, 0) is 15.8 Å². The largest absolute Gasteiger partial charge is 0.314 e. The standard InChI is InChI=1S/C14H23N3O2S.2ClH/c18-20(19,13-14-5-2-1-3-6-14)16-7-4-10-17-11-8-15-9-12-17;;/h1-3,5-6,15-16H,4,7-13H2;2*1H. The predicted molar refractivity (Wildman–Crippen MR) is 95.5 cm³/mol. The van der Waals surface area contributed by atoms with E-state index in [9.17, 15) is 8.42 Å². The van der Waals surface area contributed by atoms with Crippen LogP contribution in [0.25, 0.3) is 0 Å². The second kappa shape index (κ2) is 11.2. The first-order chi connectivity index (χ1) is 9.66.